The van der Waals surface area contributed by atoms with Crippen LogP contribution in [0.4, 0.5) is 4.39 Å². The van der Waals surface area contributed by atoms with Gasteiger partial charge in [0.15, 0.2) is 0 Å². The van der Waals surface area contributed by atoms with Gasteiger partial charge in [0.2, 0.25) is 5.91 Å². The van der Waals surface area contributed by atoms with Crippen molar-refractivity contribution in [1.29, 1.82) is 0 Å². The molecule has 0 bridgehead atoms. The van der Waals surface area contributed by atoms with Crippen LogP contribution < -0.4 is 0 Å². The van der Waals surface area contributed by atoms with E-state index >= 15 is 0 Å². The summed E-state index contributed by atoms with van der Waals surface area (Å²) in [5.74, 6) is -1.81. The Bertz CT molecular complexity index is 820. The standard InChI is InChI=1S/C19H17FN2O3/c20-15-8-4-7-14(11-15)17-12-16(13-5-2-1-3-6-13)21-22(17)18(23)9-10-19(24)25/h1-8,11,17H,9-10,12H2,(H,24,25)/t17-/m0/s1. The van der Waals surface area contributed by atoms with Crippen molar-refractivity contribution in [1.82, 2.24) is 5.01 Å². The third kappa shape index (κ3) is 3.91. The molecular formula is C19H17FN2O3. The Hall–Kier alpha value is -3.02. The van der Waals surface area contributed by atoms with Gasteiger partial charge in [-0.15, -0.1) is 0 Å². The minimum absolute atomic E-state index is 0.146. The van der Waals surface area contributed by atoms with E-state index < -0.39 is 12.0 Å². The molecule has 0 saturated heterocycles. The van der Waals surface area contributed by atoms with Gasteiger partial charge in [0.25, 0.3) is 0 Å². The summed E-state index contributed by atoms with van der Waals surface area (Å²) in [5, 5.41) is 14.5. The highest BCUT2D eigenvalue weighted by molar-refractivity contribution is 6.03. The van der Waals surface area contributed by atoms with Gasteiger partial charge in [-0.2, -0.15) is 5.10 Å². The number of halogens is 1. The van der Waals surface area contributed by atoms with Gasteiger partial charge < -0.3 is 5.11 Å². The first-order valence-electron chi connectivity index (χ1n) is 7.97. The predicted octanol–water partition coefficient (Wildman–Crippen LogP) is 3.37. The first kappa shape index (κ1) is 16.8. The van der Waals surface area contributed by atoms with Crippen molar-refractivity contribution in [3.05, 3.63) is 71.5 Å². The Morgan fingerprint density at radius 1 is 1.12 bits per heavy atom. The molecule has 25 heavy (non-hydrogen) atoms. The number of carboxylic acids is 1. The van der Waals surface area contributed by atoms with Gasteiger partial charge >= 0.3 is 5.97 Å². The predicted molar refractivity (Wildman–Crippen MR) is 90.5 cm³/mol. The van der Waals surface area contributed by atoms with E-state index in [1.807, 2.05) is 30.3 Å². The molecule has 1 heterocycles. The van der Waals surface area contributed by atoms with E-state index in [0.29, 0.717) is 12.0 Å². The van der Waals surface area contributed by atoms with Crippen LogP contribution in [0, 0.1) is 5.82 Å². The fraction of sp³-hybridized carbons (Fsp3) is 0.211. The molecule has 0 saturated carbocycles. The third-order valence-corrected chi connectivity index (χ3v) is 4.06. The molecule has 1 atom stereocenters. The monoisotopic (exact) mass is 340 g/mol. The minimum Gasteiger partial charge on any atom is -0.481 e. The van der Waals surface area contributed by atoms with Crippen LogP contribution in [0.2, 0.25) is 0 Å². The summed E-state index contributed by atoms with van der Waals surface area (Å²) in [4.78, 5) is 23.2. The average molecular weight is 340 g/mol. The Labute approximate surface area is 144 Å². The second-order valence-corrected chi connectivity index (χ2v) is 5.82. The number of aliphatic carboxylic acids is 1. The second kappa shape index (κ2) is 7.25. The molecule has 1 N–H and O–H groups in total. The van der Waals surface area contributed by atoms with Crippen molar-refractivity contribution in [2.24, 2.45) is 5.10 Å². The lowest BCUT2D eigenvalue weighted by Gasteiger charge is -2.21. The molecule has 2 aromatic rings. The number of carbonyl (C=O) groups is 2. The Morgan fingerprint density at radius 2 is 1.88 bits per heavy atom. The highest BCUT2D eigenvalue weighted by Gasteiger charge is 2.33. The smallest absolute Gasteiger partial charge is 0.303 e. The third-order valence-electron chi connectivity index (χ3n) is 4.06. The Balaban J connectivity index is 1.90. The molecule has 3 rings (SSSR count). The molecule has 0 aliphatic carbocycles. The zero-order valence-corrected chi connectivity index (χ0v) is 13.4. The van der Waals surface area contributed by atoms with Crippen molar-refractivity contribution in [3.63, 3.8) is 0 Å². The van der Waals surface area contributed by atoms with Gasteiger partial charge in [0.1, 0.15) is 5.82 Å². The van der Waals surface area contributed by atoms with Crippen LogP contribution in [0.3, 0.4) is 0 Å². The fourth-order valence-corrected chi connectivity index (χ4v) is 2.85. The van der Waals surface area contributed by atoms with Crippen LogP contribution in [-0.4, -0.2) is 27.7 Å². The molecule has 0 spiro atoms. The molecule has 0 unspecified atom stereocenters. The van der Waals surface area contributed by atoms with Crippen molar-refractivity contribution >= 4 is 17.6 Å². The largest absolute Gasteiger partial charge is 0.481 e. The molecule has 1 aliphatic heterocycles. The number of amides is 1. The highest BCUT2D eigenvalue weighted by Crippen LogP contribution is 2.33. The summed E-state index contributed by atoms with van der Waals surface area (Å²) < 4.78 is 13.6. The highest BCUT2D eigenvalue weighted by atomic mass is 19.1. The Kier molecular flexibility index (Phi) is 4.88. The lowest BCUT2D eigenvalue weighted by molar-refractivity contribution is -0.141. The van der Waals surface area contributed by atoms with E-state index in [2.05, 4.69) is 5.10 Å². The van der Waals surface area contributed by atoms with Gasteiger partial charge in [0.05, 0.1) is 18.2 Å². The van der Waals surface area contributed by atoms with Crippen LogP contribution in [0.15, 0.2) is 59.7 Å². The van der Waals surface area contributed by atoms with Crippen LogP contribution in [0.25, 0.3) is 0 Å². The number of hydrogen-bond acceptors (Lipinski definition) is 3. The van der Waals surface area contributed by atoms with Crippen LogP contribution in [0.5, 0.6) is 0 Å². The second-order valence-electron chi connectivity index (χ2n) is 5.82. The maximum Gasteiger partial charge on any atom is 0.303 e. The van der Waals surface area contributed by atoms with Crippen molar-refractivity contribution in [2.75, 3.05) is 0 Å². The zero-order valence-electron chi connectivity index (χ0n) is 13.4. The molecule has 2 aromatic carbocycles. The number of nitrogens with zero attached hydrogens (tertiary/aromatic N) is 2. The van der Waals surface area contributed by atoms with Crippen molar-refractivity contribution < 1.29 is 19.1 Å². The number of carboxylic acid groups (broad SMARTS) is 1. The quantitative estimate of drug-likeness (QED) is 0.907. The minimum atomic E-state index is -1.04. The van der Waals surface area contributed by atoms with E-state index in [-0.39, 0.29) is 24.6 Å². The molecule has 0 radical (unpaired) electrons. The van der Waals surface area contributed by atoms with Crippen LogP contribution in [-0.2, 0) is 9.59 Å². The molecule has 1 amide bonds. The van der Waals surface area contributed by atoms with E-state index in [1.54, 1.807) is 12.1 Å². The topological polar surface area (TPSA) is 70.0 Å². The van der Waals surface area contributed by atoms with Gasteiger partial charge in [0, 0.05) is 12.8 Å². The van der Waals surface area contributed by atoms with E-state index in [4.69, 9.17) is 5.11 Å². The van der Waals surface area contributed by atoms with E-state index in [1.165, 1.54) is 17.1 Å². The SMILES string of the molecule is O=C(O)CCC(=O)N1N=C(c2ccccc2)C[C@H]1c1cccc(F)c1. The lowest BCUT2D eigenvalue weighted by Crippen LogP contribution is -2.27. The summed E-state index contributed by atoms with van der Waals surface area (Å²) >= 11 is 0. The first-order valence-corrected chi connectivity index (χ1v) is 7.97. The molecule has 1 aliphatic rings. The fourth-order valence-electron chi connectivity index (χ4n) is 2.85. The first-order chi connectivity index (χ1) is 12.0. The molecular weight excluding hydrogens is 323 g/mol. The number of hydrogen-bond donors (Lipinski definition) is 1. The molecule has 0 fully saturated rings. The lowest BCUT2D eigenvalue weighted by atomic mass is 9.98. The van der Waals surface area contributed by atoms with Crippen molar-refractivity contribution in [2.45, 2.75) is 25.3 Å². The van der Waals surface area contributed by atoms with Gasteiger partial charge in [-0.1, -0.05) is 42.5 Å². The van der Waals surface area contributed by atoms with Gasteiger partial charge in [-0.3, -0.25) is 9.59 Å². The van der Waals surface area contributed by atoms with Gasteiger partial charge in [-0.05, 0) is 23.3 Å². The summed E-state index contributed by atoms with van der Waals surface area (Å²) in [7, 11) is 0. The van der Waals surface area contributed by atoms with E-state index in [9.17, 15) is 14.0 Å². The summed E-state index contributed by atoms with van der Waals surface area (Å²) in [6, 6.07) is 15.1. The zero-order chi connectivity index (χ0) is 17.8. The van der Waals surface area contributed by atoms with Crippen molar-refractivity contribution in [3.8, 4) is 0 Å². The van der Waals surface area contributed by atoms with Crippen LogP contribution >= 0.6 is 0 Å². The molecule has 5 nitrogen and oxygen atoms in total. The van der Waals surface area contributed by atoms with E-state index in [0.717, 1.165) is 11.3 Å². The molecule has 128 valence electrons. The maximum absolute atomic E-state index is 13.6. The normalized spacial score (nSPS) is 16.6. The molecule has 0 aromatic heterocycles. The van der Waals surface area contributed by atoms with Gasteiger partial charge in [-0.25, -0.2) is 9.40 Å². The average Bonchev–Trinajstić information content (AvgIpc) is 3.06. The van der Waals surface area contributed by atoms with Crippen LogP contribution in [0.1, 0.15) is 36.4 Å². The number of hydrazone groups is 1. The summed E-state index contributed by atoms with van der Waals surface area (Å²) in [5.41, 5.74) is 2.24. The summed E-state index contributed by atoms with van der Waals surface area (Å²) in [6.07, 6.45) is 0.0421. The summed E-state index contributed by atoms with van der Waals surface area (Å²) in [6.45, 7) is 0. The maximum atomic E-state index is 13.6. The number of rotatable bonds is 5. The number of benzene rings is 2. The Morgan fingerprint density at radius 3 is 2.56 bits per heavy atom. The number of carbonyl (C=O) groups excluding carboxylic acids is 1. The molecule has 6 heteroatoms.